The van der Waals surface area contributed by atoms with Crippen molar-refractivity contribution in [3.8, 4) is 0 Å². The van der Waals surface area contributed by atoms with Gasteiger partial charge in [-0.05, 0) is 6.92 Å². The molecule has 0 atom stereocenters. The van der Waals surface area contributed by atoms with Crippen LogP contribution >= 0.6 is 11.3 Å². The molecule has 1 aromatic heterocycles. The van der Waals surface area contributed by atoms with Crippen LogP contribution in [-0.4, -0.2) is 35.2 Å². The van der Waals surface area contributed by atoms with Gasteiger partial charge in [0.05, 0.1) is 5.01 Å². The van der Waals surface area contributed by atoms with Crippen LogP contribution in [0.2, 0.25) is 0 Å². The van der Waals surface area contributed by atoms with Crippen molar-refractivity contribution in [1.82, 2.24) is 9.88 Å². The number of hydrogen-bond acceptors (Lipinski definition) is 4. The number of hydrogen-bond donors (Lipinski definition) is 0. The second-order valence-corrected chi connectivity index (χ2v) is 5.05. The maximum atomic E-state index is 11.2. The van der Waals surface area contributed by atoms with Crippen molar-refractivity contribution in [2.45, 2.75) is 27.2 Å². The van der Waals surface area contributed by atoms with E-state index in [2.05, 4.69) is 4.98 Å². The first-order valence-corrected chi connectivity index (χ1v) is 5.92. The van der Waals surface area contributed by atoms with Crippen molar-refractivity contribution >= 4 is 23.0 Å². The van der Waals surface area contributed by atoms with E-state index in [0.717, 1.165) is 9.88 Å². The number of rotatable bonds is 4. The van der Waals surface area contributed by atoms with Gasteiger partial charge in [0.1, 0.15) is 5.69 Å². The average Bonchev–Trinajstić information content (AvgIpc) is 2.56. The fraction of sp³-hybridized carbons (Fsp3) is 0.545. The highest BCUT2D eigenvalue weighted by molar-refractivity contribution is 7.11. The molecule has 0 aliphatic heterocycles. The predicted molar refractivity (Wildman–Crippen MR) is 63.9 cm³/mol. The number of ketones is 1. The number of thiazole rings is 1. The van der Waals surface area contributed by atoms with Crippen molar-refractivity contribution in [3.63, 3.8) is 0 Å². The van der Waals surface area contributed by atoms with Gasteiger partial charge in [-0.15, -0.1) is 11.3 Å². The first-order chi connectivity index (χ1) is 7.41. The topological polar surface area (TPSA) is 50.3 Å². The molecule has 5 heteroatoms. The van der Waals surface area contributed by atoms with Crippen LogP contribution in [0.5, 0.6) is 0 Å². The smallest absolute Gasteiger partial charge is 0.219 e. The van der Waals surface area contributed by atoms with E-state index in [-0.39, 0.29) is 11.7 Å². The monoisotopic (exact) mass is 240 g/mol. The van der Waals surface area contributed by atoms with E-state index in [4.69, 9.17) is 0 Å². The molecule has 0 aliphatic rings. The Kier molecular flexibility index (Phi) is 4.18. The van der Waals surface area contributed by atoms with Crippen molar-refractivity contribution in [2.75, 3.05) is 13.6 Å². The minimum atomic E-state index is -0.0000718. The summed E-state index contributed by atoms with van der Waals surface area (Å²) in [5, 5.41) is 0.913. The molecule has 1 aromatic rings. The van der Waals surface area contributed by atoms with Crippen LogP contribution in [0.15, 0.2) is 0 Å². The van der Waals surface area contributed by atoms with Gasteiger partial charge < -0.3 is 4.90 Å². The molecule has 1 amide bonds. The highest BCUT2D eigenvalue weighted by Gasteiger charge is 2.12. The van der Waals surface area contributed by atoms with Gasteiger partial charge in [0, 0.05) is 38.7 Å². The Bertz CT molecular complexity index is 412. The molecule has 0 fully saturated rings. The van der Waals surface area contributed by atoms with Gasteiger partial charge >= 0.3 is 0 Å². The van der Waals surface area contributed by atoms with Crippen LogP contribution in [0.1, 0.15) is 34.2 Å². The molecule has 4 nitrogen and oxygen atoms in total. The number of carbonyl (C=O) groups is 2. The third kappa shape index (κ3) is 3.13. The Morgan fingerprint density at radius 3 is 2.44 bits per heavy atom. The number of nitrogens with zero attached hydrogens (tertiary/aromatic N) is 2. The lowest BCUT2D eigenvalue weighted by Crippen LogP contribution is -2.26. The molecule has 1 heterocycles. The van der Waals surface area contributed by atoms with Gasteiger partial charge in [0.15, 0.2) is 5.78 Å². The molecular weight excluding hydrogens is 224 g/mol. The number of Topliss-reactive ketones (excluding diaryl/α,β-unsaturated/α-hetero) is 1. The molecule has 0 saturated carbocycles. The van der Waals surface area contributed by atoms with E-state index in [1.54, 1.807) is 11.9 Å². The third-order valence-electron chi connectivity index (χ3n) is 2.37. The summed E-state index contributed by atoms with van der Waals surface area (Å²) in [6, 6.07) is 0. The number of aromatic nitrogens is 1. The zero-order chi connectivity index (χ0) is 12.3. The van der Waals surface area contributed by atoms with Crippen molar-refractivity contribution in [1.29, 1.82) is 0 Å². The predicted octanol–water partition coefficient (Wildman–Crippen LogP) is 1.67. The third-order valence-corrected chi connectivity index (χ3v) is 3.40. The second kappa shape index (κ2) is 5.21. The van der Waals surface area contributed by atoms with E-state index in [0.29, 0.717) is 18.7 Å². The van der Waals surface area contributed by atoms with Gasteiger partial charge in [0.25, 0.3) is 0 Å². The van der Waals surface area contributed by atoms with E-state index in [1.807, 2.05) is 6.92 Å². The summed E-state index contributed by atoms with van der Waals surface area (Å²) in [5.74, 6) is 0.0417. The summed E-state index contributed by atoms with van der Waals surface area (Å²) in [6.07, 6.45) is 0.703. The zero-order valence-electron chi connectivity index (χ0n) is 10.0. The highest BCUT2D eigenvalue weighted by atomic mass is 32.1. The molecule has 0 radical (unpaired) electrons. The SMILES string of the molecule is CC(=O)c1nc(CCN(C)C(C)=O)sc1C. The number of aryl methyl sites for hydroxylation is 1. The lowest BCUT2D eigenvalue weighted by molar-refractivity contribution is -0.127. The van der Waals surface area contributed by atoms with E-state index in [9.17, 15) is 9.59 Å². The summed E-state index contributed by atoms with van der Waals surface area (Å²) in [7, 11) is 1.76. The Balaban J connectivity index is 2.65. The summed E-state index contributed by atoms with van der Waals surface area (Å²) in [6.45, 7) is 5.59. The maximum absolute atomic E-state index is 11.2. The van der Waals surface area contributed by atoms with E-state index in [1.165, 1.54) is 25.2 Å². The Morgan fingerprint density at radius 2 is 2.00 bits per heavy atom. The van der Waals surface area contributed by atoms with Crippen molar-refractivity contribution < 1.29 is 9.59 Å². The first-order valence-electron chi connectivity index (χ1n) is 5.10. The molecule has 88 valence electrons. The van der Waals surface area contributed by atoms with E-state index >= 15 is 0 Å². The van der Waals surface area contributed by atoms with Crippen LogP contribution in [0.3, 0.4) is 0 Å². The molecular formula is C11H16N2O2S. The summed E-state index contributed by atoms with van der Waals surface area (Å²) in [5.41, 5.74) is 0.561. The van der Waals surface area contributed by atoms with Crippen molar-refractivity contribution in [2.24, 2.45) is 0 Å². The zero-order valence-corrected chi connectivity index (χ0v) is 10.8. The fourth-order valence-corrected chi connectivity index (χ4v) is 2.28. The molecule has 0 bridgehead atoms. The van der Waals surface area contributed by atoms with Gasteiger partial charge in [-0.25, -0.2) is 4.98 Å². The number of carbonyl (C=O) groups excluding carboxylic acids is 2. The normalized spacial score (nSPS) is 10.2. The van der Waals surface area contributed by atoms with Gasteiger partial charge in [-0.1, -0.05) is 0 Å². The number of amides is 1. The minimum absolute atomic E-state index is 0.0000718. The van der Waals surface area contributed by atoms with Crippen LogP contribution in [0.4, 0.5) is 0 Å². The first kappa shape index (κ1) is 12.8. The maximum Gasteiger partial charge on any atom is 0.219 e. The summed E-state index contributed by atoms with van der Waals surface area (Å²) in [4.78, 5) is 29.1. The van der Waals surface area contributed by atoms with Crippen LogP contribution in [0.25, 0.3) is 0 Å². The van der Waals surface area contributed by atoms with Crippen LogP contribution in [0, 0.1) is 6.92 Å². The molecule has 1 rings (SSSR count). The molecule has 0 aromatic carbocycles. The van der Waals surface area contributed by atoms with Crippen LogP contribution in [-0.2, 0) is 11.2 Å². The van der Waals surface area contributed by atoms with Gasteiger partial charge in [0.2, 0.25) is 5.91 Å². The Morgan fingerprint density at radius 1 is 1.38 bits per heavy atom. The molecule has 16 heavy (non-hydrogen) atoms. The van der Waals surface area contributed by atoms with E-state index < -0.39 is 0 Å². The molecule has 0 saturated heterocycles. The molecule has 0 aliphatic carbocycles. The minimum Gasteiger partial charge on any atom is -0.346 e. The summed E-state index contributed by atoms with van der Waals surface area (Å²) < 4.78 is 0. The lowest BCUT2D eigenvalue weighted by atomic mass is 10.3. The number of likely N-dealkylation sites (N-methyl/N-ethyl adjacent to an activating group) is 1. The van der Waals surface area contributed by atoms with Gasteiger partial charge in [-0.2, -0.15) is 0 Å². The average molecular weight is 240 g/mol. The summed E-state index contributed by atoms with van der Waals surface area (Å²) >= 11 is 1.53. The Hall–Kier alpha value is -1.23. The largest absolute Gasteiger partial charge is 0.346 e. The van der Waals surface area contributed by atoms with Crippen LogP contribution < -0.4 is 0 Å². The molecule has 0 unspecified atom stereocenters. The Labute approximate surface area is 99.3 Å². The quantitative estimate of drug-likeness (QED) is 0.752. The second-order valence-electron chi connectivity index (χ2n) is 3.76. The van der Waals surface area contributed by atoms with Gasteiger partial charge in [-0.3, -0.25) is 9.59 Å². The molecule has 0 spiro atoms. The molecule has 0 N–H and O–H groups in total. The lowest BCUT2D eigenvalue weighted by Gasteiger charge is -2.12. The van der Waals surface area contributed by atoms with Crippen molar-refractivity contribution in [3.05, 3.63) is 15.6 Å². The highest BCUT2D eigenvalue weighted by Crippen LogP contribution is 2.18. The standard InChI is InChI=1S/C11H16N2O2S/c1-7(14)11-8(2)16-10(12-11)5-6-13(4)9(3)15/h5-6H2,1-4H3. The fourth-order valence-electron chi connectivity index (χ4n) is 1.31.